The number of rotatable bonds is 6. The Morgan fingerprint density at radius 2 is 2.29 bits per heavy atom. The monoisotopic (exact) mass is 240 g/mol. The van der Waals surface area contributed by atoms with E-state index >= 15 is 0 Å². The van der Waals surface area contributed by atoms with Gasteiger partial charge in [0.05, 0.1) is 12.6 Å². The molecule has 0 aliphatic heterocycles. The molecule has 1 heterocycles. The number of amides is 2. The summed E-state index contributed by atoms with van der Waals surface area (Å²) in [6.07, 6.45) is 0. The molecule has 5 nitrogen and oxygen atoms in total. The van der Waals surface area contributed by atoms with Crippen LogP contribution in [0.15, 0.2) is 16.5 Å². The third-order valence-corrected chi connectivity index (χ3v) is 2.27. The normalized spacial score (nSPS) is 12.2. The summed E-state index contributed by atoms with van der Waals surface area (Å²) in [6, 6.07) is 3.38. The van der Waals surface area contributed by atoms with Crippen LogP contribution >= 0.6 is 0 Å². The van der Waals surface area contributed by atoms with E-state index in [1.807, 2.05) is 32.9 Å². The predicted molar refractivity (Wildman–Crippen MR) is 64.9 cm³/mol. The van der Waals surface area contributed by atoms with E-state index in [0.717, 1.165) is 11.5 Å². The SMILES string of the molecule is CCOCCNC(=O)NC(C)c1ccc(C)o1. The lowest BCUT2D eigenvalue weighted by molar-refractivity contribution is 0.149. The average molecular weight is 240 g/mol. The summed E-state index contributed by atoms with van der Waals surface area (Å²) >= 11 is 0. The molecule has 0 aliphatic carbocycles. The van der Waals surface area contributed by atoms with E-state index in [2.05, 4.69) is 10.6 Å². The fourth-order valence-electron chi connectivity index (χ4n) is 1.39. The number of hydrogen-bond acceptors (Lipinski definition) is 3. The Kier molecular flexibility index (Phi) is 5.56. The second kappa shape index (κ2) is 6.96. The lowest BCUT2D eigenvalue weighted by Crippen LogP contribution is -2.38. The predicted octanol–water partition coefficient (Wildman–Crippen LogP) is 1.98. The zero-order valence-electron chi connectivity index (χ0n) is 10.6. The van der Waals surface area contributed by atoms with Crippen molar-refractivity contribution in [2.45, 2.75) is 26.8 Å². The minimum atomic E-state index is -0.216. The van der Waals surface area contributed by atoms with Gasteiger partial charge in [0.1, 0.15) is 11.5 Å². The summed E-state index contributed by atoms with van der Waals surface area (Å²) in [5.41, 5.74) is 0. The van der Waals surface area contributed by atoms with E-state index < -0.39 is 0 Å². The van der Waals surface area contributed by atoms with Crippen molar-refractivity contribution in [2.24, 2.45) is 0 Å². The average Bonchev–Trinajstić information content (AvgIpc) is 2.71. The van der Waals surface area contributed by atoms with E-state index in [9.17, 15) is 4.79 Å². The molecule has 17 heavy (non-hydrogen) atoms. The first-order chi connectivity index (χ1) is 8.13. The van der Waals surface area contributed by atoms with Crippen LogP contribution in [0.5, 0.6) is 0 Å². The van der Waals surface area contributed by atoms with E-state index in [1.54, 1.807) is 0 Å². The van der Waals surface area contributed by atoms with Crippen LogP contribution in [0.3, 0.4) is 0 Å². The molecule has 0 spiro atoms. The molecule has 2 amide bonds. The van der Waals surface area contributed by atoms with E-state index in [1.165, 1.54) is 0 Å². The van der Waals surface area contributed by atoms with Gasteiger partial charge in [-0.05, 0) is 32.9 Å². The van der Waals surface area contributed by atoms with Gasteiger partial charge in [-0.3, -0.25) is 0 Å². The Labute approximate surface area is 102 Å². The highest BCUT2D eigenvalue weighted by molar-refractivity contribution is 5.74. The van der Waals surface area contributed by atoms with Gasteiger partial charge < -0.3 is 19.8 Å². The first-order valence-electron chi connectivity index (χ1n) is 5.82. The summed E-state index contributed by atoms with van der Waals surface area (Å²) in [5, 5.41) is 5.50. The summed E-state index contributed by atoms with van der Waals surface area (Å²) in [4.78, 5) is 11.5. The number of carbonyl (C=O) groups excluding carboxylic acids is 1. The van der Waals surface area contributed by atoms with Gasteiger partial charge in [0.2, 0.25) is 0 Å². The molecule has 96 valence electrons. The first-order valence-corrected chi connectivity index (χ1v) is 5.82. The smallest absolute Gasteiger partial charge is 0.315 e. The van der Waals surface area contributed by atoms with Crippen LogP contribution in [0.2, 0.25) is 0 Å². The number of furan rings is 1. The third-order valence-electron chi connectivity index (χ3n) is 2.27. The van der Waals surface area contributed by atoms with E-state index in [4.69, 9.17) is 9.15 Å². The van der Waals surface area contributed by atoms with Crippen molar-refractivity contribution < 1.29 is 13.9 Å². The van der Waals surface area contributed by atoms with Crippen LogP contribution in [-0.2, 0) is 4.74 Å². The van der Waals surface area contributed by atoms with Gasteiger partial charge in [0, 0.05) is 13.2 Å². The number of aryl methyl sites for hydroxylation is 1. The lowest BCUT2D eigenvalue weighted by atomic mass is 10.2. The molecule has 0 radical (unpaired) electrons. The molecule has 0 aliphatic rings. The van der Waals surface area contributed by atoms with Crippen LogP contribution in [-0.4, -0.2) is 25.8 Å². The largest absolute Gasteiger partial charge is 0.464 e. The van der Waals surface area contributed by atoms with Gasteiger partial charge in [-0.25, -0.2) is 4.79 Å². The molecule has 2 N–H and O–H groups in total. The Morgan fingerprint density at radius 3 is 2.88 bits per heavy atom. The highest BCUT2D eigenvalue weighted by Gasteiger charge is 2.11. The molecule has 1 aromatic heterocycles. The standard InChI is InChI=1S/C12H20N2O3/c1-4-16-8-7-13-12(15)14-10(3)11-6-5-9(2)17-11/h5-6,10H,4,7-8H2,1-3H3,(H2,13,14,15). The number of urea groups is 1. The number of hydrogen-bond donors (Lipinski definition) is 2. The maximum atomic E-state index is 11.5. The summed E-state index contributed by atoms with van der Waals surface area (Å²) < 4.78 is 10.5. The molecule has 0 bridgehead atoms. The van der Waals surface area contributed by atoms with Crippen molar-refractivity contribution in [3.05, 3.63) is 23.7 Å². The molecule has 0 fully saturated rings. The minimum Gasteiger partial charge on any atom is -0.464 e. The minimum absolute atomic E-state index is 0.143. The Bertz CT molecular complexity index is 349. The molecule has 1 rings (SSSR count). The van der Waals surface area contributed by atoms with Crippen LogP contribution in [0, 0.1) is 6.92 Å². The highest BCUT2D eigenvalue weighted by Crippen LogP contribution is 2.14. The Hall–Kier alpha value is -1.49. The number of nitrogens with one attached hydrogen (secondary N) is 2. The molecule has 0 saturated heterocycles. The second-order valence-electron chi connectivity index (χ2n) is 3.77. The zero-order chi connectivity index (χ0) is 12.7. The number of carbonyl (C=O) groups is 1. The van der Waals surface area contributed by atoms with Crippen molar-refractivity contribution in [3.63, 3.8) is 0 Å². The van der Waals surface area contributed by atoms with Gasteiger partial charge in [0.25, 0.3) is 0 Å². The van der Waals surface area contributed by atoms with Crippen molar-refractivity contribution in [3.8, 4) is 0 Å². The van der Waals surface area contributed by atoms with Gasteiger partial charge >= 0.3 is 6.03 Å². The molecule has 1 atom stereocenters. The summed E-state index contributed by atoms with van der Waals surface area (Å²) in [6.45, 7) is 7.35. The summed E-state index contributed by atoms with van der Waals surface area (Å²) in [5.74, 6) is 1.59. The van der Waals surface area contributed by atoms with Gasteiger partial charge in [-0.15, -0.1) is 0 Å². The molecule has 5 heteroatoms. The quantitative estimate of drug-likeness (QED) is 0.747. The number of ether oxygens (including phenoxy) is 1. The van der Waals surface area contributed by atoms with Crippen LogP contribution < -0.4 is 10.6 Å². The zero-order valence-corrected chi connectivity index (χ0v) is 10.6. The highest BCUT2D eigenvalue weighted by atomic mass is 16.5. The summed E-state index contributed by atoms with van der Waals surface area (Å²) in [7, 11) is 0. The molecule has 0 saturated carbocycles. The fraction of sp³-hybridized carbons (Fsp3) is 0.583. The molecule has 1 unspecified atom stereocenters. The van der Waals surface area contributed by atoms with E-state index in [-0.39, 0.29) is 12.1 Å². The maximum absolute atomic E-state index is 11.5. The third kappa shape index (κ3) is 4.91. The first kappa shape index (κ1) is 13.6. The molecular weight excluding hydrogens is 220 g/mol. The Balaban J connectivity index is 2.26. The maximum Gasteiger partial charge on any atom is 0.315 e. The van der Waals surface area contributed by atoms with Gasteiger partial charge in [-0.1, -0.05) is 0 Å². The van der Waals surface area contributed by atoms with Crippen molar-refractivity contribution >= 4 is 6.03 Å². The second-order valence-corrected chi connectivity index (χ2v) is 3.77. The molecule has 0 aromatic carbocycles. The van der Waals surface area contributed by atoms with Crippen LogP contribution in [0.25, 0.3) is 0 Å². The van der Waals surface area contributed by atoms with Crippen molar-refractivity contribution in [1.82, 2.24) is 10.6 Å². The lowest BCUT2D eigenvalue weighted by Gasteiger charge is -2.12. The molecular formula is C12H20N2O3. The van der Waals surface area contributed by atoms with Gasteiger partial charge in [-0.2, -0.15) is 0 Å². The topological polar surface area (TPSA) is 63.5 Å². The van der Waals surface area contributed by atoms with Crippen LogP contribution in [0.1, 0.15) is 31.4 Å². The van der Waals surface area contributed by atoms with Gasteiger partial charge in [0.15, 0.2) is 0 Å². The van der Waals surface area contributed by atoms with E-state index in [0.29, 0.717) is 19.8 Å². The van der Waals surface area contributed by atoms with Crippen LogP contribution in [0.4, 0.5) is 4.79 Å². The molecule has 1 aromatic rings. The fourth-order valence-corrected chi connectivity index (χ4v) is 1.39. The van der Waals surface area contributed by atoms with Crippen molar-refractivity contribution in [1.29, 1.82) is 0 Å². The Morgan fingerprint density at radius 1 is 1.53 bits per heavy atom. The van der Waals surface area contributed by atoms with Crippen molar-refractivity contribution in [2.75, 3.05) is 19.8 Å².